The van der Waals surface area contributed by atoms with Gasteiger partial charge in [-0.15, -0.1) is 0 Å². The lowest BCUT2D eigenvalue weighted by atomic mass is 10.1. The molecule has 0 fully saturated rings. The fourth-order valence-electron chi connectivity index (χ4n) is 3.68. The summed E-state index contributed by atoms with van der Waals surface area (Å²) in [5.74, 6) is 0.151. The van der Waals surface area contributed by atoms with E-state index in [2.05, 4.69) is 10.3 Å². The van der Waals surface area contributed by atoms with Gasteiger partial charge in [0.05, 0.1) is 35.1 Å². The minimum absolute atomic E-state index is 0.0970. The van der Waals surface area contributed by atoms with Crippen LogP contribution in [0.5, 0.6) is 5.75 Å². The first kappa shape index (κ1) is 24.4. The van der Waals surface area contributed by atoms with E-state index in [4.69, 9.17) is 21.5 Å². The van der Waals surface area contributed by atoms with Crippen molar-refractivity contribution >= 4 is 44.1 Å². The number of fused-ring (bicyclic) bond motifs is 1. The van der Waals surface area contributed by atoms with Crippen LogP contribution in [0.25, 0.3) is 10.9 Å². The van der Waals surface area contributed by atoms with Gasteiger partial charge in [0.25, 0.3) is 11.5 Å². The van der Waals surface area contributed by atoms with Crippen molar-refractivity contribution in [3.63, 3.8) is 0 Å². The van der Waals surface area contributed by atoms with E-state index < -0.39 is 15.9 Å². The Morgan fingerprint density at radius 1 is 1.14 bits per heavy atom. The summed E-state index contributed by atoms with van der Waals surface area (Å²) >= 11 is 6.00. The van der Waals surface area contributed by atoms with Crippen LogP contribution >= 0.6 is 11.6 Å². The number of sulfonamides is 1. The molecule has 0 aliphatic carbocycles. The molecule has 4 aromatic rings. The van der Waals surface area contributed by atoms with Gasteiger partial charge in [-0.1, -0.05) is 35.9 Å². The average molecular weight is 513 g/mol. The fourth-order valence-corrected chi connectivity index (χ4v) is 4.77. The number of methoxy groups -OCH3 is 1. The zero-order chi connectivity index (χ0) is 25.2. The maximum atomic E-state index is 13.3. The Hall–Kier alpha value is -3.73. The number of hydrogen-bond donors (Lipinski definition) is 2. The van der Waals surface area contributed by atoms with Crippen molar-refractivity contribution in [2.24, 2.45) is 5.14 Å². The van der Waals surface area contributed by atoms with Gasteiger partial charge in [0.2, 0.25) is 10.0 Å². The SMILES string of the molecule is COc1ccccc1CCn1cnc2cccc(NC(=O)c3ccc(S(N)(=O)=O)c(Cl)c3)c2c1=O. The number of ether oxygens (including phenoxy) is 1. The van der Waals surface area contributed by atoms with Crippen molar-refractivity contribution in [3.8, 4) is 5.75 Å². The van der Waals surface area contributed by atoms with E-state index >= 15 is 0 Å². The number of nitrogens with zero attached hydrogens (tertiary/aromatic N) is 2. The number of rotatable bonds is 7. The molecule has 0 saturated carbocycles. The van der Waals surface area contributed by atoms with Gasteiger partial charge in [-0.25, -0.2) is 18.5 Å². The van der Waals surface area contributed by atoms with Crippen molar-refractivity contribution < 1.29 is 17.9 Å². The third-order valence-corrected chi connectivity index (χ3v) is 6.81. The molecule has 4 rings (SSSR count). The topological polar surface area (TPSA) is 133 Å². The molecule has 3 N–H and O–H groups in total. The molecule has 11 heteroatoms. The highest BCUT2D eigenvalue weighted by Gasteiger charge is 2.17. The Balaban J connectivity index is 1.64. The Bertz CT molecular complexity index is 1600. The van der Waals surface area contributed by atoms with E-state index in [1.165, 1.54) is 23.0 Å². The predicted octanol–water partition coefficient (Wildman–Crippen LogP) is 3.20. The number of benzene rings is 3. The molecule has 0 saturated heterocycles. The van der Waals surface area contributed by atoms with Gasteiger partial charge in [0.1, 0.15) is 10.6 Å². The summed E-state index contributed by atoms with van der Waals surface area (Å²) in [5, 5.41) is 7.87. The van der Waals surface area contributed by atoms with Gasteiger partial charge in [0, 0.05) is 12.1 Å². The van der Waals surface area contributed by atoms with Gasteiger partial charge >= 0.3 is 0 Å². The first-order chi connectivity index (χ1) is 16.7. The van der Waals surface area contributed by atoms with Gasteiger partial charge in [-0.3, -0.25) is 14.2 Å². The lowest BCUT2D eigenvalue weighted by Gasteiger charge is -2.12. The van der Waals surface area contributed by atoms with Crippen LogP contribution in [0.1, 0.15) is 15.9 Å². The summed E-state index contributed by atoms with van der Waals surface area (Å²) in [6.07, 6.45) is 2.01. The van der Waals surface area contributed by atoms with E-state index in [1.54, 1.807) is 25.3 Å². The van der Waals surface area contributed by atoms with E-state index in [1.807, 2.05) is 24.3 Å². The Morgan fingerprint density at radius 3 is 2.63 bits per heavy atom. The number of hydrogen-bond acceptors (Lipinski definition) is 6. The summed E-state index contributed by atoms with van der Waals surface area (Å²) in [6.45, 7) is 0.356. The van der Waals surface area contributed by atoms with Crippen LogP contribution in [0.3, 0.4) is 0 Å². The number of halogens is 1. The Labute approximate surface area is 206 Å². The molecule has 0 unspecified atom stereocenters. The van der Waals surface area contributed by atoms with Crippen LogP contribution in [-0.4, -0.2) is 31.0 Å². The van der Waals surface area contributed by atoms with Crippen molar-refractivity contribution in [2.45, 2.75) is 17.9 Å². The lowest BCUT2D eigenvalue weighted by molar-refractivity contribution is 0.102. The van der Waals surface area contributed by atoms with Crippen LogP contribution in [0, 0.1) is 0 Å². The second kappa shape index (κ2) is 9.87. The molecule has 0 atom stereocenters. The third kappa shape index (κ3) is 5.19. The Morgan fingerprint density at radius 2 is 1.91 bits per heavy atom. The molecule has 3 aromatic carbocycles. The maximum Gasteiger partial charge on any atom is 0.263 e. The van der Waals surface area contributed by atoms with Crippen LogP contribution in [-0.2, 0) is 23.0 Å². The molecular weight excluding hydrogens is 492 g/mol. The first-order valence-corrected chi connectivity index (χ1v) is 12.3. The average Bonchev–Trinajstić information content (AvgIpc) is 2.83. The molecule has 1 amide bonds. The zero-order valence-electron chi connectivity index (χ0n) is 18.6. The molecule has 0 aliphatic rings. The second-order valence-electron chi connectivity index (χ2n) is 7.65. The number of anilines is 1. The molecule has 0 bridgehead atoms. The summed E-state index contributed by atoms with van der Waals surface area (Å²) in [5.41, 5.74) is 1.42. The van der Waals surface area contributed by atoms with Gasteiger partial charge in [-0.2, -0.15) is 0 Å². The van der Waals surface area contributed by atoms with Crippen molar-refractivity contribution in [3.05, 3.63) is 93.5 Å². The number of aromatic nitrogens is 2. The molecule has 1 heterocycles. The standard InChI is InChI=1S/C24H21ClN4O5S/c1-34-20-8-3-2-5-15(20)11-12-29-14-27-18-6-4-7-19(22(18)24(29)31)28-23(30)16-9-10-21(17(25)13-16)35(26,32)33/h2-10,13-14H,11-12H2,1H3,(H,28,30)(H2,26,32,33). The highest BCUT2D eigenvalue weighted by molar-refractivity contribution is 7.89. The number of primary sulfonamides is 1. The number of carbonyl (C=O) groups is 1. The molecule has 0 aliphatic heterocycles. The van der Waals surface area contributed by atoms with E-state index in [-0.39, 0.29) is 32.1 Å². The van der Waals surface area contributed by atoms with Crippen molar-refractivity contribution in [1.29, 1.82) is 0 Å². The number of aryl methyl sites for hydroxylation is 2. The van der Waals surface area contributed by atoms with Crippen LogP contribution in [0.15, 0.2) is 76.7 Å². The molecule has 1 aromatic heterocycles. The maximum absolute atomic E-state index is 13.3. The largest absolute Gasteiger partial charge is 0.496 e. The number of carbonyl (C=O) groups excluding carboxylic acids is 1. The zero-order valence-corrected chi connectivity index (χ0v) is 20.1. The second-order valence-corrected chi connectivity index (χ2v) is 9.59. The van der Waals surface area contributed by atoms with E-state index in [0.717, 1.165) is 17.4 Å². The molecule has 9 nitrogen and oxygen atoms in total. The van der Waals surface area contributed by atoms with Crippen LogP contribution in [0.2, 0.25) is 5.02 Å². The van der Waals surface area contributed by atoms with Gasteiger partial charge < -0.3 is 10.1 Å². The Kier molecular flexibility index (Phi) is 6.88. The molecular formula is C24H21ClN4O5S. The monoisotopic (exact) mass is 512 g/mol. The normalized spacial score (nSPS) is 11.4. The smallest absolute Gasteiger partial charge is 0.263 e. The summed E-state index contributed by atoms with van der Waals surface area (Å²) in [7, 11) is -2.44. The fraction of sp³-hybridized carbons (Fsp3) is 0.125. The number of amides is 1. The molecule has 0 spiro atoms. The summed E-state index contributed by atoms with van der Waals surface area (Å²) in [4.78, 5) is 30.2. The first-order valence-electron chi connectivity index (χ1n) is 10.4. The highest BCUT2D eigenvalue weighted by Crippen LogP contribution is 2.24. The van der Waals surface area contributed by atoms with Crippen molar-refractivity contribution in [1.82, 2.24) is 9.55 Å². The molecule has 0 radical (unpaired) electrons. The highest BCUT2D eigenvalue weighted by atomic mass is 35.5. The van der Waals surface area contributed by atoms with Crippen LogP contribution < -0.4 is 20.8 Å². The minimum Gasteiger partial charge on any atom is -0.496 e. The molecule has 180 valence electrons. The van der Waals surface area contributed by atoms with Crippen molar-refractivity contribution in [2.75, 3.05) is 12.4 Å². The number of nitrogens with one attached hydrogen (secondary N) is 1. The summed E-state index contributed by atoms with van der Waals surface area (Å²) in [6, 6.07) is 16.1. The quantitative estimate of drug-likeness (QED) is 0.390. The molecule has 35 heavy (non-hydrogen) atoms. The summed E-state index contributed by atoms with van der Waals surface area (Å²) < 4.78 is 30.0. The number of nitrogens with two attached hydrogens (primary N) is 1. The van der Waals surface area contributed by atoms with E-state index in [0.29, 0.717) is 18.5 Å². The minimum atomic E-state index is -4.03. The third-order valence-electron chi connectivity index (χ3n) is 5.42. The van der Waals surface area contributed by atoms with Gasteiger partial charge in [0.15, 0.2) is 0 Å². The van der Waals surface area contributed by atoms with Gasteiger partial charge in [-0.05, 0) is 48.4 Å². The lowest BCUT2D eigenvalue weighted by Crippen LogP contribution is -2.23. The predicted molar refractivity (Wildman–Crippen MR) is 133 cm³/mol. The number of para-hydroxylation sites is 1. The van der Waals surface area contributed by atoms with E-state index in [9.17, 15) is 18.0 Å². The van der Waals surface area contributed by atoms with Crippen LogP contribution in [0.4, 0.5) is 5.69 Å².